The first-order chi connectivity index (χ1) is 10.2. The molecule has 21 heavy (non-hydrogen) atoms. The highest BCUT2D eigenvalue weighted by molar-refractivity contribution is 5.56. The molecule has 0 aliphatic heterocycles. The monoisotopic (exact) mass is 287 g/mol. The highest BCUT2D eigenvalue weighted by atomic mass is 19.1. The van der Waals surface area contributed by atoms with Gasteiger partial charge in [-0.1, -0.05) is 0 Å². The topological polar surface area (TPSA) is 77.5 Å². The minimum absolute atomic E-state index is 0.361. The van der Waals surface area contributed by atoms with E-state index in [2.05, 4.69) is 15.4 Å². The van der Waals surface area contributed by atoms with Crippen LogP contribution >= 0.6 is 0 Å². The lowest BCUT2D eigenvalue weighted by molar-refractivity contribution is 0.328. The first kappa shape index (κ1) is 13.3. The number of halogens is 1. The van der Waals surface area contributed by atoms with E-state index in [1.54, 1.807) is 6.07 Å². The van der Waals surface area contributed by atoms with E-state index in [1.807, 2.05) is 24.3 Å². The Morgan fingerprint density at radius 2 is 2.00 bits per heavy atom. The summed E-state index contributed by atoms with van der Waals surface area (Å²) in [5.74, 6) is 0.785. The summed E-state index contributed by atoms with van der Waals surface area (Å²) in [6, 6.07) is 10.3. The molecule has 0 bridgehead atoms. The van der Waals surface area contributed by atoms with Crippen LogP contribution in [-0.4, -0.2) is 27.7 Å². The van der Waals surface area contributed by atoms with Gasteiger partial charge in [-0.3, -0.25) is 0 Å². The van der Waals surface area contributed by atoms with Gasteiger partial charge in [-0.25, -0.2) is 8.91 Å². The van der Waals surface area contributed by atoms with Gasteiger partial charge < -0.3 is 15.8 Å². The molecule has 0 amide bonds. The van der Waals surface area contributed by atoms with Gasteiger partial charge in [0.05, 0.1) is 6.20 Å². The Kier molecular flexibility index (Phi) is 3.65. The van der Waals surface area contributed by atoms with Crippen molar-refractivity contribution in [3.8, 4) is 5.75 Å². The number of nitrogens with two attached hydrogens (primary N) is 1. The van der Waals surface area contributed by atoms with Crippen molar-refractivity contribution in [1.82, 2.24) is 14.6 Å². The average molecular weight is 287 g/mol. The first-order valence-electron chi connectivity index (χ1n) is 6.46. The molecule has 0 atom stereocenters. The molecule has 3 N–H and O–H groups in total. The largest absolute Gasteiger partial charge is 0.492 e. The molecule has 6 nitrogen and oxygen atoms in total. The maximum atomic E-state index is 13.1. The minimum atomic E-state index is -0.361. The number of fused-ring (bicyclic) bond motifs is 1. The van der Waals surface area contributed by atoms with Crippen LogP contribution in [-0.2, 0) is 0 Å². The summed E-state index contributed by atoms with van der Waals surface area (Å²) in [6.07, 6.45) is 1.28. The number of hydrogen-bond donors (Lipinski definition) is 2. The Balaban J connectivity index is 1.75. The van der Waals surface area contributed by atoms with E-state index in [0.717, 1.165) is 11.4 Å². The summed E-state index contributed by atoms with van der Waals surface area (Å²) in [4.78, 5) is 4.25. The predicted molar refractivity (Wildman–Crippen MR) is 77.2 cm³/mol. The molecule has 7 heteroatoms. The van der Waals surface area contributed by atoms with Crippen LogP contribution in [0.2, 0.25) is 0 Å². The zero-order chi connectivity index (χ0) is 14.7. The van der Waals surface area contributed by atoms with Gasteiger partial charge in [0, 0.05) is 12.2 Å². The second-order valence-corrected chi connectivity index (χ2v) is 4.37. The molecule has 0 unspecified atom stereocenters. The van der Waals surface area contributed by atoms with E-state index in [1.165, 1.54) is 16.8 Å². The number of benzene rings is 1. The van der Waals surface area contributed by atoms with Crippen LogP contribution in [0.15, 0.2) is 42.6 Å². The zero-order valence-corrected chi connectivity index (χ0v) is 11.2. The van der Waals surface area contributed by atoms with E-state index in [4.69, 9.17) is 10.5 Å². The molecule has 0 radical (unpaired) electrons. The quantitative estimate of drug-likeness (QED) is 0.750. The van der Waals surface area contributed by atoms with Crippen molar-refractivity contribution in [3.63, 3.8) is 0 Å². The molecule has 0 aliphatic carbocycles. The third kappa shape index (κ3) is 3.09. The fourth-order valence-electron chi connectivity index (χ4n) is 1.85. The summed E-state index contributed by atoms with van der Waals surface area (Å²) in [7, 11) is 0. The van der Waals surface area contributed by atoms with Crippen molar-refractivity contribution in [1.29, 1.82) is 0 Å². The summed E-state index contributed by atoms with van der Waals surface area (Å²) in [6.45, 7) is 0.952. The molecule has 3 aromatic rings. The van der Waals surface area contributed by atoms with Crippen molar-refractivity contribution in [2.45, 2.75) is 0 Å². The lowest BCUT2D eigenvalue weighted by Gasteiger charge is -2.05. The molecule has 108 valence electrons. The zero-order valence-electron chi connectivity index (χ0n) is 11.2. The molecule has 3 rings (SSSR count). The molecule has 2 aromatic heterocycles. The maximum absolute atomic E-state index is 13.1. The van der Waals surface area contributed by atoms with Crippen molar-refractivity contribution >= 4 is 17.3 Å². The number of nitrogens with zero attached hydrogens (tertiary/aromatic N) is 3. The smallest absolute Gasteiger partial charge is 0.247 e. The van der Waals surface area contributed by atoms with Crippen LogP contribution in [0.1, 0.15) is 0 Å². The second kappa shape index (κ2) is 5.76. The van der Waals surface area contributed by atoms with Crippen molar-refractivity contribution < 1.29 is 9.13 Å². The Hall–Kier alpha value is -2.67. The Morgan fingerprint density at radius 1 is 1.19 bits per heavy atom. The van der Waals surface area contributed by atoms with Crippen LogP contribution in [0, 0.1) is 5.82 Å². The minimum Gasteiger partial charge on any atom is -0.492 e. The Bertz CT molecular complexity index is 741. The predicted octanol–water partition coefficient (Wildman–Crippen LogP) is 1.95. The number of rotatable bonds is 5. The number of pyridine rings is 1. The van der Waals surface area contributed by atoms with Crippen LogP contribution in [0.4, 0.5) is 16.0 Å². The number of anilines is 2. The van der Waals surface area contributed by atoms with Crippen molar-refractivity contribution in [2.24, 2.45) is 5.73 Å². The molecular weight excluding hydrogens is 273 g/mol. The van der Waals surface area contributed by atoms with E-state index < -0.39 is 0 Å². The van der Waals surface area contributed by atoms with Crippen LogP contribution < -0.4 is 15.8 Å². The molecule has 0 fully saturated rings. The molecular formula is C14H14FN5O. The van der Waals surface area contributed by atoms with E-state index >= 15 is 0 Å². The summed E-state index contributed by atoms with van der Waals surface area (Å²) >= 11 is 0. The van der Waals surface area contributed by atoms with Gasteiger partial charge in [-0.05, 0) is 36.4 Å². The summed E-state index contributed by atoms with van der Waals surface area (Å²) in [5, 5.41) is 7.20. The third-order valence-corrected chi connectivity index (χ3v) is 2.79. The molecule has 0 saturated carbocycles. The lowest BCUT2D eigenvalue weighted by Crippen LogP contribution is -2.10. The lowest BCUT2D eigenvalue weighted by atomic mass is 10.3. The van der Waals surface area contributed by atoms with Crippen molar-refractivity contribution in [3.05, 3.63) is 48.4 Å². The Labute approximate surface area is 120 Å². The van der Waals surface area contributed by atoms with Crippen LogP contribution in [0.25, 0.3) is 5.65 Å². The van der Waals surface area contributed by atoms with Crippen LogP contribution in [0.5, 0.6) is 5.75 Å². The van der Waals surface area contributed by atoms with Gasteiger partial charge in [0.2, 0.25) is 5.95 Å². The highest BCUT2D eigenvalue weighted by Gasteiger charge is 2.04. The standard InChI is InChI=1S/C14H14FN5O/c15-10-1-6-13-18-14(19-20(13)9-10)17-11-2-4-12(5-3-11)21-8-7-16/h1-6,9H,7-8,16H2,(H,17,19). The van der Waals surface area contributed by atoms with Gasteiger partial charge in [0.15, 0.2) is 5.65 Å². The van der Waals surface area contributed by atoms with Gasteiger partial charge in [-0.15, -0.1) is 5.10 Å². The van der Waals surface area contributed by atoms with Crippen molar-refractivity contribution in [2.75, 3.05) is 18.5 Å². The highest BCUT2D eigenvalue weighted by Crippen LogP contribution is 2.18. The fraction of sp³-hybridized carbons (Fsp3) is 0.143. The molecule has 0 saturated heterocycles. The SMILES string of the molecule is NCCOc1ccc(Nc2nc3ccc(F)cn3n2)cc1. The fourth-order valence-corrected chi connectivity index (χ4v) is 1.85. The van der Waals surface area contributed by atoms with Gasteiger partial charge >= 0.3 is 0 Å². The molecule has 0 aliphatic rings. The first-order valence-corrected chi connectivity index (χ1v) is 6.46. The molecule has 0 spiro atoms. The maximum Gasteiger partial charge on any atom is 0.247 e. The number of ether oxygens (including phenoxy) is 1. The number of aromatic nitrogens is 3. The van der Waals surface area contributed by atoms with Gasteiger partial charge in [-0.2, -0.15) is 4.98 Å². The van der Waals surface area contributed by atoms with Gasteiger partial charge in [0.25, 0.3) is 0 Å². The average Bonchev–Trinajstić information content (AvgIpc) is 2.88. The number of hydrogen-bond acceptors (Lipinski definition) is 5. The van der Waals surface area contributed by atoms with E-state index in [9.17, 15) is 4.39 Å². The van der Waals surface area contributed by atoms with E-state index in [0.29, 0.717) is 24.7 Å². The van der Waals surface area contributed by atoms with Crippen LogP contribution in [0.3, 0.4) is 0 Å². The third-order valence-electron chi connectivity index (χ3n) is 2.79. The normalized spacial score (nSPS) is 10.8. The number of nitrogens with one attached hydrogen (secondary N) is 1. The summed E-state index contributed by atoms with van der Waals surface area (Å²) in [5.41, 5.74) is 6.76. The molecule has 2 heterocycles. The summed E-state index contributed by atoms with van der Waals surface area (Å²) < 4.78 is 19.9. The van der Waals surface area contributed by atoms with Gasteiger partial charge in [0.1, 0.15) is 18.2 Å². The Morgan fingerprint density at radius 3 is 2.76 bits per heavy atom. The molecule has 1 aromatic carbocycles. The second-order valence-electron chi connectivity index (χ2n) is 4.37. The van der Waals surface area contributed by atoms with E-state index in [-0.39, 0.29) is 5.82 Å².